The number of alkyl halides is 3. The maximum absolute atomic E-state index is 15.2. The molecule has 0 fully saturated rings. The van der Waals surface area contributed by atoms with Gasteiger partial charge in [-0.1, -0.05) is 11.6 Å². The van der Waals surface area contributed by atoms with E-state index in [1.807, 2.05) is 0 Å². The standard InChI is InChI=1S/C23H23ClF4N4O3/c1-11-6-7-29-19(24)18(11)31-20(33)14-8-15(25)13(9-17(14)35-12(2)23(26,27)28)16-10-32(5)21(30-16)22(3,4)34/h6-10,12,34H,1-5H3,(H,31,33)/t12-/m0/s1. The molecule has 0 saturated carbocycles. The number of carbonyl (C=O) groups excluding carboxylic acids is 1. The van der Waals surface area contributed by atoms with E-state index in [4.69, 9.17) is 16.3 Å². The van der Waals surface area contributed by atoms with Gasteiger partial charge in [0, 0.05) is 25.0 Å². The minimum atomic E-state index is -4.75. The topological polar surface area (TPSA) is 89.3 Å². The van der Waals surface area contributed by atoms with Crippen molar-refractivity contribution in [2.24, 2.45) is 7.05 Å². The van der Waals surface area contributed by atoms with E-state index in [0.29, 0.717) is 5.56 Å². The number of ether oxygens (including phenoxy) is 1. The van der Waals surface area contributed by atoms with Crippen molar-refractivity contribution in [2.45, 2.75) is 45.6 Å². The summed E-state index contributed by atoms with van der Waals surface area (Å²) in [7, 11) is 1.58. The van der Waals surface area contributed by atoms with Crippen molar-refractivity contribution in [2.75, 3.05) is 5.32 Å². The fourth-order valence-corrected chi connectivity index (χ4v) is 3.56. The summed E-state index contributed by atoms with van der Waals surface area (Å²) in [5.74, 6) is -2.20. The van der Waals surface area contributed by atoms with Crippen LogP contribution in [0.3, 0.4) is 0 Å². The quantitative estimate of drug-likeness (QED) is 0.340. The minimum absolute atomic E-state index is 0.0322. The maximum Gasteiger partial charge on any atom is 0.425 e. The monoisotopic (exact) mass is 514 g/mol. The van der Waals surface area contributed by atoms with Gasteiger partial charge in [-0.25, -0.2) is 14.4 Å². The van der Waals surface area contributed by atoms with Crippen LogP contribution in [0.25, 0.3) is 11.3 Å². The highest BCUT2D eigenvalue weighted by Gasteiger charge is 2.39. The lowest BCUT2D eigenvalue weighted by atomic mass is 10.1. The summed E-state index contributed by atoms with van der Waals surface area (Å²) in [4.78, 5) is 21.1. The van der Waals surface area contributed by atoms with Crippen LogP contribution in [-0.4, -0.2) is 37.8 Å². The van der Waals surface area contributed by atoms with E-state index in [-0.39, 0.29) is 27.9 Å². The molecule has 1 atom stereocenters. The number of aromatic nitrogens is 3. The molecule has 3 rings (SSSR count). The molecule has 1 amide bonds. The summed E-state index contributed by atoms with van der Waals surface area (Å²) in [6, 6.07) is 3.30. The van der Waals surface area contributed by atoms with E-state index in [0.717, 1.165) is 19.1 Å². The van der Waals surface area contributed by atoms with Gasteiger partial charge in [-0.05, 0) is 51.5 Å². The summed E-state index contributed by atoms with van der Waals surface area (Å²) < 4.78 is 61.4. The highest BCUT2D eigenvalue weighted by molar-refractivity contribution is 6.33. The number of hydrogen-bond acceptors (Lipinski definition) is 5. The van der Waals surface area contributed by atoms with Crippen LogP contribution < -0.4 is 10.1 Å². The molecule has 1 aromatic carbocycles. The predicted octanol–water partition coefficient (Wildman–Crippen LogP) is 5.39. The fourth-order valence-electron chi connectivity index (χ4n) is 3.30. The molecule has 35 heavy (non-hydrogen) atoms. The third-order valence-corrected chi connectivity index (χ3v) is 5.42. The number of hydrogen-bond donors (Lipinski definition) is 2. The third kappa shape index (κ3) is 5.73. The molecule has 2 heterocycles. The van der Waals surface area contributed by atoms with Crippen molar-refractivity contribution >= 4 is 23.2 Å². The highest BCUT2D eigenvalue weighted by atomic mass is 35.5. The summed E-state index contributed by atoms with van der Waals surface area (Å²) in [5, 5.41) is 12.7. The van der Waals surface area contributed by atoms with Crippen molar-refractivity contribution in [1.29, 1.82) is 0 Å². The molecule has 3 aromatic rings. The zero-order chi connectivity index (χ0) is 26.3. The first-order valence-electron chi connectivity index (χ1n) is 10.4. The van der Waals surface area contributed by atoms with E-state index in [9.17, 15) is 23.1 Å². The number of rotatable bonds is 6. The Morgan fingerprint density at radius 1 is 1.29 bits per heavy atom. The van der Waals surface area contributed by atoms with Crippen LogP contribution in [0.5, 0.6) is 5.75 Å². The van der Waals surface area contributed by atoms with Gasteiger partial charge < -0.3 is 19.7 Å². The van der Waals surface area contributed by atoms with Crippen molar-refractivity contribution in [1.82, 2.24) is 14.5 Å². The lowest BCUT2D eigenvalue weighted by Gasteiger charge is -2.20. The summed E-state index contributed by atoms with van der Waals surface area (Å²) >= 11 is 6.02. The van der Waals surface area contributed by atoms with Crippen LogP contribution in [0.2, 0.25) is 5.15 Å². The summed E-state index contributed by atoms with van der Waals surface area (Å²) in [5.41, 5.74) is -1.38. The SMILES string of the molecule is Cc1ccnc(Cl)c1NC(=O)c1cc(F)c(-c2cn(C)c(C(C)(C)O)n2)cc1O[C@@H](C)C(F)(F)F. The Hall–Kier alpha value is -3.18. The van der Waals surface area contributed by atoms with Gasteiger partial charge in [0.05, 0.1) is 16.9 Å². The molecule has 0 aliphatic rings. The molecule has 0 bridgehead atoms. The fraction of sp³-hybridized carbons (Fsp3) is 0.348. The van der Waals surface area contributed by atoms with Gasteiger partial charge >= 0.3 is 6.18 Å². The Morgan fingerprint density at radius 2 is 1.94 bits per heavy atom. The Labute approximate surface area is 203 Å². The smallest absolute Gasteiger partial charge is 0.425 e. The normalized spacial score (nSPS) is 13.0. The molecule has 188 valence electrons. The number of aliphatic hydroxyl groups is 1. The molecule has 0 spiro atoms. The number of pyridine rings is 1. The Morgan fingerprint density at radius 3 is 2.49 bits per heavy atom. The van der Waals surface area contributed by atoms with Gasteiger partial charge in [0.25, 0.3) is 5.91 Å². The van der Waals surface area contributed by atoms with Gasteiger partial charge in [0.1, 0.15) is 23.0 Å². The van der Waals surface area contributed by atoms with Crippen LogP contribution >= 0.6 is 11.6 Å². The number of imidazole rings is 1. The average molecular weight is 515 g/mol. The first-order chi connectivity index (χ1) is 16.1. The average Bonchev–Trinajstić information content (AvgIpc) is 3.12. The largest absolute Gasteiger partial charge is 0.480 e. The molecule has 0 radical (unpaired) electrons. The van der Waals surface area contributed by atoms with Crippen LogP contribution in [0.4, 0.5) is 23.2 Å². The second-order valence-corrected chi connectivity index (χ2v) is 8.86. The number of aryl methyl sites for hydroxylation is 2. The second kappa shape index (κ2) is 9.46. The summed E-state index contributed by atoms with van der Waals surface area (Å²) in [6.07, 6.45) is -4.23. The first-order valence-corrected chi connectivity index (χ1v) is 10.7. The molecule has 7 nitrogen and oxygen atoms in total. The molecule has 2 aromatic heterocycles. The van der Waals surface area contributed by atoms with Gasteiger partial charge in [-0.2, -0.15) is 13.2 Å². The van der Waals surface area contributed by atoms with Crippen LogP contribution in [0.1, 0.15) is 42.5 Å². The molecular weight excluding hydrogens is 492 g/mol. The number of anilines is 1. The number of nitrogens with zero attached hydrogens (tertiary/aromatic N) is 3. The van der Waals surface area contributed by atoms with Crippen molar-refractivity contribution in [3.8, 4) is 17.0 Å². The number of benzene rings is 1. The number of nitrogens with one attached hydrogen (secondary N) is 1. The van der Waals surface area contributed by atoms with Gasteiger partial charge in [-0.3, -0.25) is 4.79 Å². The molecule has 12 heteroatoms. The van der Waals surface area contributed by atoms with Crippen LogP contribution in [0.15, 0.2) is 30.6 Å². The molecule has 0 unspecified atom stereocenters. The van der Waals surface area contributed by atoms with Gasteiger partial charge in [0.2, 0.25) is 0 Å². The van der Waals surface area contributed by atoms with E-state index in [1.165, 1.54) is 30.8 Å². The van der Waals surface area contributed by atoms with E-state index in [1.54, 1.807) is 20.0 Å². The number of halogens is 5. The number of carbonyl (C=O) groups is 1. The zero-order valence-electron chi connectivity index (χ0n) is 19.5. The lowest BCUT2D eigenvalue weighted by Crippen LogP contribution is -2.32. The van der Waals surface area contributed by atoms with Gasteiger partial charge in [-0.15, -0.1) is 0 Å². The van der Waals surface area contributed by atoms with E-state index < -0.39 is 40.9 Å². The summed E-state index contributed by atoms with van der Waals surface area (Å²) in [6.45, 7) is 5.36. The van der Waals surface area contributed by atoms with E-state index in [2.05, 4.69) is 15.3 Å². The second-order valence-electron chi connectivity index (χ2n) is 8.50. The molecular formula is C23H23ClF4N4O3. The molecule has 0 aliphatic carbocycles. The van der Waals surface area contributed by atoms with E-state index >= 15 is 4.39 Å². The minimum Gasteiger partial charge on any atom is -0.480 e. The lowest BCUT2D eigenvalue weighted by molar-refractivity contribution is -0.189. The zero-order valence-corrected chi connectivity index (χ0v) is 20.2. The highest BCUT2D eigenvalue weighted by Crippen LogP contribution is 2.35. The predicted molar refractivity (Wildman–Crippen MR) is 122 cm³/mol. The van der Waals surface area contributed by atoms with Crippen molar-refractivity contribution in [3.05, 3.63) is 58.5 Å². The van der Waals surface area contributed by atoms with Crippen molar-refractivity contribution < 1.29 is 32.2 Å². The Balaban J connectivity index is 2.12. The Bertz CT molecular complexity index is 1250. The van der Waals surface area contributed by atoms with Crippen molar-refractivity contribution in [3.63, 3.8) is 0 Å². The molecule has 2 N–H and O–H groups in total. The third-order valence-electron chi connectivity index (χ3n) is 5.13. The maximum atomic E-state index is 15.2. The van der Waals surface area contributed by atoms with Crippen LogP contribution in [-0.2, 0) is 12.6 Å². The molecule has 0 saturated heterocycles. The number of amides is 1. The van der Waals surface area contributed by atoms with Crippen LogP contribution in [0, 0.1) is 12.7 Å². The molecule has 0 aliphatic heterocycles. The Kier molecular flexibility index (Phi) is 7.14. The first kappa shape index (κ1) is 26.4. The van der Waals surface area contributed by atoms with Gasteiger partial charge in [0.15, 0.2) is 11.3 Å².